The average Bonchev–Trinajstić information content (AvgIpc) is 2.57. The molecule has 2 saturated carbocycles. The monoisotopic (exact) mass is 208 g/mol. The summed E-state index contributed by atoms with van der Waals surface area (Å²) in [5.41, 5.74) is -0.421. The molecule has 1 aromatic heterocycles. The summed E-state index contributed by atoms with van der Waals surface area (Å²) in [7, 11) is 0. The van der Waals surface area contributed by atoms with E-state index >= 15 is 0 Å². The highest BCUT2D eigenvalue weighted by Crippen LogP contribution is 2.65. The molecule has 1 N–H and O–H groups in total. The molecule has 0 radical (unpaired) electrons. The van der Waals surface area contributed by atoms with Crippen molar-refractivity contribution in [2.75, 3.05) is 0 Å². The molecule has 3 rings (SSSR count). The third kappa shape index (κ3) is 1.04. The van der Waals surface area contributed by atoms with Crippen LogP contribution in [0.25, 0.3) is 0 Å². The quantitative estimate of drug-likeness (QED) is 0.752. The topological polar surface area (TPSA) is 20.2 Å². The summed E-state index contributed by atoms with van der Waals surface area (Å²) in [6.07, 6.45) is 5.10. The number of fused-ring (bicyclic) bond motifs is 1. The summed E-state index contributed by atoms with van der Waals surface area (Å²) in [5, 5.41) is 10.6. The van der Waals surface area contributed by atoms with Gasteiger partial charge in [0.1, 0.15) is 5.60 Å². The van der Waals surface area contributed by atoms with Gasteiger partial charge in [0.2, 0.25) is 0 Å². The Hall–Kier alpha value is -0.340. The van der Waals surface area contributed by atoms with Crippen LogP contribution in [0.2, 0.25) is 0 Å². The van der Waals surface area contributed by atoms with Gasteiger partial charge in [-0.1, -0.05) is 12.8 Å². The minimum absolute atomic E-state index is 0.421. The Morgan fingerprint density at radius 1 is 1.29 bits per heavy atom. The van der Waals surface area contributed by atoms with Gasteiger partial charge in [0.25, 0.3) is 0 Å². The maximum Gasteiger partial charge on any atom is 0.105 e. The molecule has 0 spiro atoms. The average molecular weight is 208 g/mol. The van der Waals surface area contributed by atoms with E-state index in [4.69, 9.17) is 0 Å². The van der Waals surface area contributed by atoms with Crippen molar-refractivity contribution < 1.29 is 5.11 Å². The highest BCUT2D eigenvalue weighted by atomic mass is 32.1. The van der Waals surface area contributed by atoms with Crippen LogP contribution in [0.5, 0.6) is 0 Å². The molecule has 1 aromatic rings. The first-order valence-corrected chi connectivity index (χ1v) is 6.34. The minimum Gasteiger partial charge on any atom is -0.384 e. The van der Waals surface area contributed by atoms with Gasteiger partial charge in [0, 0.05) is 9.75 Å². The maximum absolute atomic E-state index is 10.6. The summed E-state index contributed by atoms with van der Waals surface area (Å²) < 4.78 is 0. The third-order valence-corrected chi connectivity index (χ3v) is 5.06. The Morgan fingerprint density at radius 3 is 2.43 bits per heavy atom. The van der Waals surface area contributed by atoms with Gasteiger partial charge in [-0.3, -0.25) is 0 Å². The zero-order valence-electron chi connectivity index (χ0n) is 8.49. The lowest BCUT2D eigenvalue weighted by Crippen LogP contribution is -2.07. The van der Waals surface area contributed by atoms with Gasteiger partial charge < -0.3 is 5.11 Å². The lowest BCUT2D eigenvalue weighted by atomic mass is 10.0. The lowest BCUT2D eigenvalue weighted by molar-refractivity contribution is 0.122. The van der Waals surface area contributed by atoms with Gasteiger partial charge in [-0.25, -0.2) is 0 Å². The number of hydrogen-bond donors (Lipinski definition) is 1. The number of aliphatic hydroxyl groups is 1. The molecule has 1 nitrogen and oxygen atoms in total. The van der Waals surface area contributed by atoms with Gasteiger partial charge in [-0.15, -0.1) is 11.3 Å². The number of hydrogen-bond acceptors (Lipinski definition) is 2. The predicted molar refractivity (Wildman–Crippen MR) is 58.4 cm³/mol. The van der Waals surface area contributed by atoms with Crippen LogP contribution >= 0.6 is 11.3 Å². The van der Waals surface area contributed by atoms with E-state index in [1.165, 1.54) is 35.4 Å². The van der Waals surface area contributed by atoms with E-state index in [0.29, 0.717) is 11.8 Å². The molecular weight excluding hydrogens is 192 g/mol. The second kappa shape index (κ2) is 2.83. The van der Waals surface area contributed by atoms with E-state index in [-0.39, 0.29) is 0 Å². The molecule has 0 saturated heterocycles. The molecular formula is C12H16OS. The van der Waals surface area contributed by atoms with E-state index in [1.807, 2.05) is 0 Å². The molecule has 14 heavy (non-hydrogen) atoms. The molecule has 1 heterocycles. The van der Waals surface area contributed by atoms with Gasteiger partial charge in [-0.2, -0.15) is 0 Å². The fourth-order valence-corrected chi connectivity index (χ4v) is 4.19. The van der Waals surface area contributed by atoms with Gasteiger partial charge in [0.15, 0.2) is 0 Å². The second-order valence-electron chi connectivity index (χ2n) is 4.73. The van der Waals surface area contributed by atoms with Crippen LogP contribution < -0.4 is 0 Å². The van der Waals surface area contributed by atoms with Gasteiger partial charge in [0.05, 0.1) is 0 Å². The summed E-state index contributed by atoms with van der Waals surface area (Å²) in [5.74, 6) is 1.16. The molecule has 76 valence electrons. The Morgan fingerprint density at radius 2 is 1.93 bits per heavy atom. The van der Waals surface area contributed by atoms with Gasteiger partial charge in [-0.05, 0) is 43.7 Å². The van der Waals surface area contributed by atoms with Crippen LogP contribution in [0.15, 0.2) is 12.1 Å². The number of thiophene rings is 1. The van der Waals surface area contributed by atoms with Crippen molar-refractivity contribution in [3.63, 3.8) is 0 Å². The van der Waals surface area contributed by atoms with E-state index in [9.17, 15) is 5.11 Å². The third-order valence-electron chi connectivity index (χ3n) is 3.92. The van der Waals surface area contributed by atoms with Crippen molar-refractivity contribution in [2.24, 2.45) is 11.8 Å². The standard InChI is InChI=1S/C12H16OS/c1-8-6-7-11(14-8)12(13)9-4-2-3-5-10(9)12/h6-7,9-10,13H,2-5H2,1H3. The van der Waals surface area contributed by atoms with Crippen molar-refractivity contribution in [1.82, 2.24) is 0 Å². The first-order valence-electron chi connectivity index (χ1n) is 5.52. The Kier molecular flexibility index (Phi) is 1.80. The molecule has 2 heteroatoms. The SMILES string of the molecule is Cc1ccc(C2(O)C3CCCCC32)s1. The Labute approximate surface area is 88.8 Å². The van der Waals surface area contributed by atoms with E-state index in [0.717, 1.165) is 0 Å². The summed E-state index contributed by atoms with van der Waals surface area (Å²) in [6, 6.07) is 4.25. The van der Waals surface area contributed by atoms with Crippen molar-refractivity contribution in [2.45, 2.75) is 38.2 Å². The van der Waals surface area contributed by atoms with Crippen LogP contribution in [0.4, 0.5) is 0 Å². The summed E-state index contributed by atoms with van der Waals surface area (Å²) in [4.78, 5) is 2.53. The van der Waals surface area contributed by atoms with Crippen LogP contribution in [-0.4, -0.2) is 5.11 Å². The highest BCUT2D eigenvalue weighted by molar-refractivity contribution is 7.12. The Balaban J connectivity index is 1.92. The fourth-order valence-electron chi connectivity index (χ4n) is 3.11. The largest absolute Gasteiger partial charge is 0.384 e. The van der Waals surface area contributed by atoms with E-state index in [1.54, 1.807) is 11.3 Å². The molecule has 2 aliphatic rings. The molecule has 0 amide bonds. The van der Waals surface area contributed by atoms with Gasteiger partial charge >= 0.3 is 0 Å². The fraction of sp³-hybridized carbons (Fsp3) is 0.667. The maximum atomic E-state index is 10.6. The van der Waals surface area contributed by atoms with Crippen LogP contribution in [0.3, 0.4) is 0 Å². The minimum atomic E-state index is -0.421. The zero-order valence-corrected chi connectivity index (χ0v) is 9.31. The molecule has 0 aliphatic heterocycles. The summed E-state index contributed by atoms with van der Waals surface area (Å²) in [6.45, 7) is 2.11. The zero-order chi connectivity index (χ0) is 9.76. The second-order valence-corrected chi connectivity index (χ2v) is 6.02. The summed E-state index contributed by atoms with van der Waals surface area (Å²) >= 11 is 1.77. The van der Waals surface area contributed by atoms with Crippen LogP contribution in [-0.2, 0) is 5.60 Å². The van der Waals surface area contributed by atoms with Crippen LogP contribution in [0.1, 0.15) is 35.4 Å². The first kappa shape index (κ1) is 8.93. The van der Waals surface area contributed by atoms with Crippen molar-refractivity contribution in [1.29, 1.82) is 0 Å². The van der Waals surface area contributed by atoms with Crippen LogP contribution in [0, 0.1) is 18.8 Å². The van der Waals surface area contributed by atoms with E-state index < -0.39 is 5.60 Å². The molecule has 2 fully saturated rings. The normalized spacial score (nSPS) is 40.7. The molecule has 2 aliphatic carbocycles. The van der Waals surface area contributed by atoms with Crippen molar-refractivity contribution in [3.05, 3.63) is 21.9 Å². The van der Waals surface area contributed by atoms with Crippen molar-refractivity contribution in [3.8, 4) is 0 Å². The highest BCUT2D eigenvalue weighted by Gasteiger charge is 2.65. The van der Waals surface area contributed by atoms with E-state index in [2.05, 4.69) is 19.1 Å². The first-order chi connectivity index (χ1) is 6.73. The lowest BCUT2D eigenvalue weighted by Gasteiger charge is -2.06. The Bertz CT molecular complexity index is 343. The molecule has 2 unspecified atom stereocenters. The number of rotatable bonds is 1. The number of aryl methyl sites for hydroxylation is 1. The molecule has 2 atom stereocenters. The smallest absolute Gasteiger partial charge is 0.105 e. The molecule has 0 aromatic carbocycles. The molecule has 0 bridgehead atoms. The van der Waals surface area contributed by atoms with Crippen molar-refractivity contribution >= 4 is 11.3 Å². The predicted octanol–water partition coefficient (Wildman–Crippen LogP) is 3.06.